The first-order valence-corrected chi connectivity index (χ1v) is 7.99. The van der Waals surface area contributed by atoms with E-state index in [9.17, 15) is 14.7 Å². The van der Waals surface area contributed by atoms with Gasteiger partial charge in [0.25, 0.3) is 0 Å². The van der Waals surface area contributed by atoms with Gasteiger partial charge in [0.05, 0.1) is 18.7 Å². The zero-order valence-electron chi connectivity index (χ0n) is 13.8. The molecule has 1 aliphatic carbocycles. The summed E-state index contributed by atoms with van der Waals surface area (Å²) in [6.45, 7) is 6.41. The molecule has 1 atom stereocenters. The van der Waals surface area contributed by atoms with E-state index < -0.39 is 11.5 Å². The molecule has 1 rings (SSSR count). The van der Waals surface area contributed by atoms with Gasteiger partial charge in [-0.15, -0.1) is 0 Å². The highest BCUT2D eigenvalue weighted by atomic mass is 16.4. The first kappa shape index (κ1) is 18.7. The van der Waals surface area contributed by atoms with Crippen LogP contribution in [0.25, 0.3) is 0 Å². The largest absolute Gasteiger partial charge is 0.480 e. The van der Waals surface area contributed by atoms with E-state index in [4.69, 9.17) is 5.11 Å². The summed E-state index contributed by atoms with van der Waals surface area (Å²) in [5.41, 5.74) is -0.596. The number of hydrogen-bond acceptors (Lipinski definition) is 4. The molecule has 7 nitrogen and oxygen atoms in total. The molecule has 0 saturated heterocycles. The van der Waals surface area contributed by atoms with Gasteiger partial charge in [-0.1, -0.05) is 20.3 Å². The first-order chi connectivity index (χ1) is 10.3. The number of carbonyl (C=O) groups is 2. The third kappa shape index (κ3) is 5.46. The summed E-state index contributed by atoms with van der Waals surface area (Å²) < 4.78 is 0. The predicted molar refractivity (Wildman–Crippen MR) is 83.8 cm³/mol. The van der Waals surface area contributed by atoms with Crippen LogP contribution in [0.3, 0.4) is 0 Å². The number of aliphatic hydroxyl groups is 1. The van der Waals surface area contributed by atoms with E-state index >= 15 is 0 Å². The lowest BCUT2D eigenvalue weighted by molar-refractivity contribution is -0.139. The Hall–Kier alpha value is -1.34. The number of nitrogens with one attached hydrogen (secondary N) is 2. The fourth-order valence-corrected chi connectivity index (χ4v) is 2.91. The highest BCUT2D eigenvalue weighted by molar-refractivity contribution is 5.75. The number of carbonyl (C=O) groups excluding carboxylic acids is 1. The Morgan fingerprint density at radius 3 is 2.41 bits per heavy atom. The van der Waals surface area contributed by atoms with Crippen molar-refractivity contribution in [3.8, 4) is 0 Å². The Morgan fingerprint density at radius 1 is 1.32 bits per heavy atom. The van der Waals surface area contributed by atoms with Gasteiger partial charge in [0.2, 0.25) is 0 Å². The topological polar surface area (TPSA) is 102 Å². The Morgan fingerprint density at radius 2 is 1.95 bits per heavy atom. The summed E-state index contributed by atoms with van der Waals surface area (Å²) in [5.74, 6) is -0.825. The van der Waals surface area contributed by atoms with Gasteiger partial charge in [-0.3, -0.25) is 9.69 Å². The van der Waals surface area contributed by atoms with Crippen LogP contribution in [0.5, 0.6) is 0 Å². The molecule has 0 aromatic heterocycles. The standard InChI is InChI=1S/C15H29N3O4/c1-4-6-15(3,10-19)17-14(22)16-11-7-12(8-11)18(5-2)9-13(20)21/h11-12,19H,4-10H2,1-3H3,(H,20,21)(H2,16,17,22). The van der Waals surface area contributed by atoms with E-state index in [2.05, 4.69) is 10.6 Å². The maximum absolute atomic E-state index is 12.0. The normalized spacial score (nSPS) is 23.5. The monoisotopic (exact) mass is 315 g/mol. The molecule has 0 radical (unpaired) electrons. The van der Waals surface area contributed by atoms with E-state index in [1.165, 1.54) is 0 Å². The number of urea groups is 1. The van der Waals surface area contributed by atoms with Gasteiger partial charge < -0.3 is 20.8 Å². The van der Waals surface area contributed by atoms with Crippen molar-refractivity contribution >= 4 is 12.0 Å². The van der Waals surface area contributed by atoms with E-state index in [1.807, 2.05) is 25.7 Å². The number of carboxylic acid groups (broad SMARTS) is 1. The second kappa shape index (κ2) is 8.33. The summed E-state index contributed by atoms with van der Waals surface area (Å²) in [4.78, 5) is 24.7. The number of hydrogen-bond donors (Lipinski definition) is 4. The van der Waals surface area contributed by atoms with Crippen molar-refractivity contribution in [2.24, 2.45) is 0 Å². The smallest absolute Gasteiger partial charge is 0.317 e. The third-order valence-electron chi connectivity index (χ3n) is 4.28. The molecule has 2 amide bonds. The highest BCUT2D eigenvalue weighted by Gasteiger charge is 2.35. The van der Waals surface area contributed by atoms with Crippen LogP contribution in [0.15, 0.2) is 0 Å². The van der Waals surface area contributed by atoms with Gasteiger partial charge in [0.15, 0.2) is 0 Å². The quantitative estimate of drug-likeness (QED) is 0.503. The molecule has 1 unspecified atom stereocenters. The average molecular weight is 315 g/mol. The molecule has 128 valence electrons. The minimum Gasteiger partial charge on any atom is -0.480 e. The van der Waals surface area contributed by atoms with Gasteiger partial charge in [-0.05, 0) is 32.7 Å². The summed E-state index contributed by atoms with van der Waals surface area (Å²) in [6, 6.07) is 0.0124. The lowest BCUT2D eigenvalue weighted by Gasteiger charge is -2.42. The molecular weight excluding hydrogens is 286 g/mol. The number of aliphatic carboxylic acids is 1. The van der Waals surface area contributed by atoms with E-state index in [-0.39, 0.29) is 31.3 Å². The molecule has 4 N–H and O–H groups in total. The molecule has 0 aliphatic heterocycles. The van der Waals surface area contributed by atoms with Crippen molar-refractivity contribution < 1.29 is 19.8 Å². The molecule has 0 heterocycles. The van der Waals surface area contributed by atoms with Gasteiger partial charge in [-0.2, -0.15) is 0 Å². The summed E-state index contributed by atoms with van der Waals surface area (Å²) in [6.07, 6.45) is 3.12. The van der Waals surface area contributed by atoms with Crippen LogP contribution in [0.1, 0.15) is 46.5 Å². The molecule has 0 aromatic rings. The third-order valence-corrected chi connectivity index (χ3v) is 4.28. The number of carboxylic acids is 1. The molecule has 0 spiro atoms. The van der Waals surface area contributed by atoms with Crippen LogP contribution in [0.4, 0.5) is 4.79 Å². The van der Waals surface area contributed by atoms with Crippen LogP contribution < -0.4 is 10.6 Å². The maximum Gasteiger partial charge on any atom is 0.317 e. The van der Waals surface area contributed by atoms with Crippen LogP contribution >= 0.6 is 0 Å². The molecule has 0 bridgehead atoms. The summed E-state index contributed by atoms with van der Waals surface area (Å²) in [7, 11) is 0. The number of likely N-dealkylation sites (N-methyl/N-ethyl adjacent to an activating group) is 1. The van der Waals surface area contributed by atoms with Crippen molar-refractivity contribution in [2.75, 3.05) is 19.7 Å². The van der Waals surface area contributed by atoms with E-state index in [0.29, 0.717) is 13.0 Å². The number of rotatable bonds is 9. The number of nitrogens with zero attached hydrogens (tertiary/aromatic N) is 1. The zero-order chi connectivity index (χ0) is 16.8. The van der Waals surface area contributed by atoms with Crippen LogP contribution in [0, 0.1) is 0 Å². The molecular formula is C15H29N3O4. The van der Waals surface area contributed by atoms with Gasteiger partial charge in [0.1, 0.15) is 0 Å². The van der Waals surface area contributed by atoms with Crippen LogP contribution in [-0.4, -0.2) is 64.4 Å². The number of aliphatic hydroxyl groups excluding tert-OH is 1. The second-order valence-electron chi connectivity index (χ2n) is 6.35. The highest BCUT2D eigenvalue weighted by Crippen LogP contribution is 2.25. The molecule has 1 aliphatic rings. The van der Waals surface area contributed by atoms with Gasteiger partial charge in [0, 0.05) is 12.1 Å². The van der Waals surface area contributed by atoms with Crippen molar-refractivity contribution in [1.29, 1.82) is 0 Å². The van der Waals surface area contributed by atoms with Crippen molar-refractivity contribution in [2.45, 2.75) is 64.1 Å². The fourth-order valence-electron chi connectivity index (χ4n) is 2.91. The fraction of sp³-hybridized carbons (Fsp3) is 0.867. The Balaban J connectivity index is 2.35. The predicted octanol–water partition coefficient (Wildman–Crippen LogP) is 0.774. The van der Waals surface area contributed by atoms with Gasteiger partial charge >= 0.3 is 12.0 Å². The van der Waals surface area contributed by atoms with Crippen molar-refractivity contribution in [3.63, 3.8) is 0 Å². The lowest BCUT2D eigenvalue weighted by Crippen LogP contribution is -2.59. The van der Waals surface area contributed by atoms with Crippen molar-refractivity contribution in [3.05, 3.63) is 0 Å². The average Bonchev–Trinajstić information content (AvgIpc) is 2.40. The molecule has 22 heavy (non-hydrogen) atoms. The first-order valence-electron chi connectivity index (χ1n) is 7.99. The van der Waals surface area contributed by atoms with E-state index in [0.717, 1.165) is 19.3 Å². The summed E-state index contributed by atoms with van der Waals surface area (Å²) >= 11 is 0. The molecule has 1 fully saturated rings. The minimum absolute atomic E-state index is 0.0408. The zero-order valence-corrected chi connectivity index (χ0v) is 13.8. The lowest BCUT2D eigenvalue weighted by atomic mass is 9.85. The van der Waals surface area contributed by atoms with Crippen molar-refractivity contribution in [1.82, 2.24) is 15.5 Å². The van der Waals surface area contributed by atoms with Crippen LogP contribution in [0.2, 0.25) is 0 Å². The maximum atomic E-state index is 12.0. The minimum atomic E-state index is -0.825. The van der Waals surface area contributed by atoms with Crippen LogP contribution in [-0.2, 0) is 4.79 Å². The SMILES string of the molecule is CCCC(C)(CO)NC(=O)NC1CC(N(CC)CC(=O)O)C1. The Bertz CT molecular complexity index is 385. The molecule has 7 heteroatoms. The van der Waals surface area contributed by atoms with E-state index in [1.54, 1.807) is 0 Å². The Kier molecular flexibility index (Phi) is 7.09. The summed E-state index contributed by atoms with van der Waals surface area (Å²) in [5, 5.41) is 24.0. The second-order valence-corrected chi connectivity index (χ2v) is 6.35. The Labute approximate surface area is 132 Å². The molecule has 0 aromatic carbocycles. The van der Waals surface area contributed by atoms with Gasteiger partial charge in [-0.25, -0.2) is 4.79 Å². The number of amides is 2. The molecule has 1 saturated carbocycles.